The number of hydrogen-bond acceptors (Lipinski definition) is 1. The topological polar surface area (TPSA) is 9.23 Å². The Hall–Kier alpha value is -0.920. The summed E-state index contributed by atoms with van der Waals surface area (Å²) in [7, 11) is 0. The van der Waals surface area contributed by atoms with Gasteiger partial charge in [-0.15, -0.1) is 11.8 Å². The van der Waals surface area contributed by atoms with Crippen LogP contribution in [0.1, 0.15) is 32.6 Å². The van der Waals surface area contributed by atoms with Crippen molar-refractivity contribution in [2.45, 2.75) is 38.7 Å². The van der Waals surface area contributed by atoms with Crippen molar-refractivity contribution in [1.29, 1.82) is 0 Å². The fourth-order valence-corrected chi connectivity index (χ4v) is 1.14. The van der Waals surface area contributed by atoms with Crippen LogP contribution in [0, 0.1) is 23.7 Å². The number of ether oxygens (including phenoxy) is 1. The highest BCUT2D eigenvalue weighted by Crippen LogP contribution is 2.09. The van der Waals surface area contributed by atoms with Crippen molar-refractivity contribution in [1.82, 2.24) is 0 Å². The highest BCUT2D eigenvalue weighted by atomic mass is 16.5. The Labute approximate surface area is 74.5 Å². The molecule has 0 aliphatic heterocycles. The van der Waals surface area contributed by atoms with Gasteiger partial charge in [-0.2, -0.15) is 0 Å². The summed E-state index contributed by atoms with van der Waals surface area (Å²) >= 11 is 0. The van der Waals surface area contributed by atoms with E-state index in [4.69, 9.17) is 4.74 Å². The Morgan fingerprint density at radius 1 is 1.50 bits per heavy atom. The van der Waals surface area contributed by atoms with Crippen molar-refractivity contribution < 1.29 is 4.74 Å². The van der Waals surface area contributed by atoms with Gasteiger partial charge in [-0.1, -0.05) is 11.8 Å². The molecule has 1 aliphatic carbocycles. The Bertz CT molecular complexity index is 233. The van der Waals surface area contributed by atoms with Gasteiger partial charge in [0.1, 0.15) is 12.7 Å². The second-order valence-electron chi connectivity index (χ2n) is 2.79. The molecule has 1 heteroatoms. The molecule has 0 bridgehead atoms. The van der Waals surface area contributed by atoms with Crippen LogP contribution in [0.2, 0.25) is 0 Å². The zero-order chi connectivity index (χ0) is 8.65. The average Bonchev–Trinajstić information content (AvgIpc) is 2.33. The minimum absolute atomic E-state index is 0.133. The standard InChI is InChI=1S/C11H14O/c1-2-3-10-12-11-8-6-4-5-7-9-11/h11H,4-6,8,10H2,1H3. The maximum atomic E-state index is 5.46. The van der Waals surface area contributed by atoms with Gasteiger partial charge in [0, 0.05) is 6.42 Å². The summed E-state index contributed by atoms with van der Waals surface area (Å²) in [5.41, 5.74) is 0. The van der Waals surface area contributed by atoms with Gasteiger partial charge in [0.25, 0.3) is 0 Å². The third-order valence-corrected chi connectivity index (χ3v) is 1.81. The third-order valence-electron chi connectivity index (χ3n) is 1.81. The molecule has 0 radical (unpaired) electrons. The molecule has 0 amide bonds. The average molecular weight is 162 g/mol. The Morgan fingerprint density at radius 3 is 3.25 bits per heavy atom. The molecular weight excluding hydrogens is 148 g/mol. The van der Waals surface area contributed by atoms with Gasteiger partial charge in [-0.05, 0) is 26.2 Å². The zero-order valence-corrected chi connectivity index (χ0v) is 7.52. The van der Waals surface area contributed by atoms with E-state index in [9.17, 15) is 0 Å². The monoisotopic (exact) mass is 162 g/mol. The summed E-state index contributed by atoms with van der Waals surface area (Å²) in [6.45, 7) is 2.35. The lowest BCUT2D eigenvalue weighted by Crippen LogP contribution is -2.09. The maximum Gasteiger partial charge on any atom is 0.119 e. The molecule has 0 aromatic rings. The maximum absolute atomic E-state index is 5.46. The minimum Gasteiger partial charge on any atom is -0.353 e. The lowest BCUT2D eigenvalue weighted by Gasteiger charge is -2.07. The van der Waals surface area contributed by atoms with Gasteiger partial charge in [-0.25, -0.2) is 0 Å². The quantitative estimate of drug-likeness (QED) is 0.564. The Kier molecular flexibility index (Phi) is 4.35. The van der Waals surface area contributed by atoms with E-state index in [0.717, 1.165) is 12.8 Å². The van der Waals surface area contributed by atoms with Gasteiger partial charge in [0.05, 0.1) is 0 Å². The van der Waals surface area contributed by atoms with Crippen LogP contribution in [0.4, 0.5) is 0 Å². The van der Waals surface area contributed by atoms with Crippen LogP contribution in [0.5, 0.6) is 0 Å². The van der Waals surface area contributed by atoms with Crippen LogP contribution in [0.25, 0.3) is 0 Å². The molecule has 0 spiro atoms. The van der Waals surface area contributed by atoms with E-state index in [1.165, 1.54) is 12.8 Å². The van der Waals surface area contributed by atoms with Crippen LogP contribution >= 0.6 is 0 Å². The first-order valence-electron chi connectivity index (χ1n) is 4.43. The van der Waals surface area contributed by atoms with E-state index in [2.05, 4.69) is 23.7 Å². The summed E-state index contributed by atoms with van der Waals surface area (Å²) in [6, 6.07) is 0. The first-order valence-corrected chi connectivity index (χ1v) is 4.43. The van der Waals surface area contributed by atoms with E-state index < -0.39 is 0 Å². The Morgan fingerprint density at radius 2 is 2.42 bits per heavy atom. The van der Waals surface area contributed by atoms with E-state index in [1.807, 2.05) is 6.92 Å². The molecule has 0 saturated heterocycles. The molecule has 0 fully saturated rings. The summed E-state index contributed by atoms with van der Waals surface area (Å²) in [4.78, 5) is 0. The van der Waals surface area contributed by atoms with Crippen molar-refractivity contribution in [3.8, 4) is 23.7 Å². The SMILES string of the molecule is CC#CCOC1C#CCCCC1. The molecule has 0 heterocycles. The molecule has 64 valence electrons. The summed E-state index contributed by atoms with van der Waals surface area (Å²) < 4.78 is 5.46. The van der Waals surface area contributed by atoms with Gasteiger partial charge in [0.2, 0.25) is 0 Å². The lowest BCUT2D eigenvalue weighted by atomic mass is 10.2. The Balaban J connectivity index is 2.26. The van der Waals surface area contributed by atoms with E-state index in [1.54, 1.807) is 0 Å². The normalized spacial score (nSPS) is 21.2. The predicted octanol–water partition coefficient (Wildman–Crippen LogP) is 1.97. The molecule has 1 unspecified atom stereocenters. The van der Waals surface area contributed by atoms with Gasteiger partial charge >= 0.3 is 0 Å². The van der Waals surface area contributed by atoms with Crippen molar-refractivity contribution in [3.63, 3.8) is 0 Å². The molecule has 0 aromatic heterocycles. The third kappa shape index (κ3) is 3.46. The predicted molar refractivity (Wildman–Crippen MR) is 49.4 cm³/mol. The van der Waals surface area contributed by atoms with E-state index in [0.29, 0.717) is 6.61 Å². The van der Waals surface area contributed by atoms with Crippen LogP contribution in [0.15, 0.2) is 0 Å². The first-order chi connectivity index (χ1) is 5.93. The molecular formula is C11H14O. The highest BCUT2D eigenvalue weighted by Gasteiger charge is 2.05. The fourth-order valence-electron chi connectivity index (χ4n) is 1.14. The number of hydrogen-bond donors (Lipinski definition) is 0. The van der Waals surface area contributed by atoms with Crippen molar-refractivity contribution >= 4 is 0 Å². The largest absolute Gasteiger partial charge is 0.353 e. The summed E-state index contributed by atoms with van der Waals surface area (Å²) in [6.07, 6.45) is 4.65. The van der Waals surface area contributed by atoms with Crippen LogP contribution in [-0.4, -0.2) is 12.7 Å². The molecule has 1 rings (SSSR count). The second kappa shape index (κ2) is 5.70. The first kappa shape index (κ1) is 9.17. The fraction of sp³-hybridized carbons (Fsp3) is 0.636. The van der Waals surface area contributed by atoms with Crippen LogP contribution < -0.4 is 0 Å². The summed E-state index contributed by atoms with van der Waals surface area (Å²) in [5.74, 6) is 11.9. The van der Waals surface area contributed by atoms with E-state index >= 15 is 0 Å². The van der Waals surface area contributed by atoms with Gasteiger partial charge in [-0.3, -0.25) is 0 Å². The molecule has 12 heavy (non-hydrogen) atoms. The van der Waals surface area contributed by atoms with Gasteiger partial charge < -0.3 is 4.74 Å². The minimum atomic E-state index is 0.133. The van der Waals surface area contributed by atoms with Gasteiger partial charge in [0.15, 0.2) is 0 Å². The zero-order valence-electron chi connectivity index (χ0n) is 7.52. The molecule has 1 atom stereocenters. The molecule has 0 aromatic carbocycles. The van der Waals surface area contributed by atoms with Crippen LogP contribution in [-0.2, 0) is 4.74 Å². The van der Waals surface area contributed by atoms with Crippen molar-refractivity contribution in [2.75, 3.05) is 6.61 Å². The molecule has 0 N–H and O–H groups in total. The van der Waals surface area contributed by atoms with Crippen molar-refractivity contribution in [3.05, 3.63) is 0 Å². The molecule has 0 saturated carbocycles. The lowest BCUT2D eigenvalue weighted by molar-refractivity contribution is 0.112. The summed E-state index contributed by atoms with van der Waals surface area (Å²) in [5, 5.41) is 0. The smallest absolute Gasteiger partial charge is 0.119 e. The van der Waals surface area contributed by atoms with Crippen molar-refractivity contribution in [2.24, 2.45) is 0 Å². The number of rotatable bonds is 2. The molecule has 1 nitrogen and oxygen atoms in total. The van der Waals surface area contributed by atoms with E-state index in [-0.39, 0.29) is 6.10 Å². The highest BCUT2D eigenvalue weighted by molar-refractivity contribution is 5.07. The second-order valence-corrected chi connectivity index (χ2v) is 2.79. The van der Waals surface area contributed by atoms with Crippen LogP contribution in [0.3, 0.4) is 0 Å². The molecule has 1 aliphatic rings.